The van der Waals surface area contributed by atoms with E-state index in [-0.39, 0.29) is 0 Å². The lowest BCUT2D eigenvalue weighted by molar-refractivity contribution is 0.187. The highest BCUT2D eigenvalue weighted by atomic mass is 32.1. The Morgan fingerprint density at radius 3 is 2.13 bits per heavy atom. The van der Waals surface area contributed by atoms with Crippen LogP contribution in [0.5, 0.6) is 0 Å². The molecule has 2 N–H and O–H groups in total. The van der Waals surface area contributed by atoms with Crippen LogP contribution in [0.15, 0.2) is 0 Å². The maximum absolute atomic E-state index is 5.54. The van der Waals surface area contributed by atoms with Crippen molar-refractivity contribution in [3.05, 3.63) is 0 Å². The zero-order chi connectivity index (χ0) is 11.8. The molecule has 0 unspecified atom stereocenters. The number of thiocarbonyl (C=S) groups is 1. The van der Waals surface area contributed by atoms with Crippen molar-refractivity contribution in [2.45, 2.75) is 53.0 Å². The van der Waals surface area contributed by atoms with Crippen LogP contribution in [0.1, 0.15) is 47.0 Å². The summed E-state index contributed by atoms with van der Waals surface area (Å²) in [6.07, 6.45) is 3.35. The molecule has 15 heavy (non-hydrogen) atoms. The molecule has 0 amide bonds. The Labute approximate surface area is 100 Å². The minimum absolute atomic E-state index is 0.583. The van der Waals surface area contributed by atoms with Gasteiger partial charge in [0.15, 0.2) is 0 Å². The van der Waals surface area contributed by atoms with Crippen LogP contribution in [0.3, 0.4) is 0 Å². The van der Waals surface area contributed by atoms with Crippen molar-refractivity contribution in [1.82, 2.24) is 4.90 Å². The zero-order valence-corrected chi connectivity index (χ0v) is 11.4. The summed E-state index contributed by atoms with van der Waals surface area (Å²) in [5.74, 6) is 0.804. The minimum atomic E-state index is 0.583. The molecular weight excluding hydrogens is 204 g/mol. The van der Waals surface area contributed by atoms with Crippen LogP contribution in [-0.2, 0) is 0 Å². The molecule has 0 atom stereocenters. The molecule has 0 aromatic rings. The van der Waals surface area contributed by atoms with Gasteiger partial charge in [0, 0.05) is 25.6 Å². The summed E-state index contributed by atoms with van der Waals surface area (Å²) >= 11 is 4.92. The van der Waals surface area contributed by atoms with Crippen molar-refractivity contribution in [2.75, 3.05) is 13.1 Å². The lowest BCUT2D eigenvalue weighted by Crippen LogP contribution is -2.37. The smallest absolute Gasteiger partial charge is 0.0740 e. The Hall–Kier alpha value is -0.150. The molecule has 0 fully saturated rings. The monoisotopic (exact) mass is 230 g/mol. The zero-order valence-electron chi connectivity index (χ0n) is 10.6. The largest absolute Gasteiger partial charge is 0.393 e. The highest BCUT2D eigenvalue weighted by molar-refractivity contribution is 7.80. The van der Waals surface area contributed by atoms with Gasteiger partial charge in [0.1, 0.15) is 0 Å². The van der Waals surface area contributed by atoms with E-state index in [1.165, 1.54) is 19.4 Å². The molecule has 0 bridgehead atoms. The second kappa shape index (κ2) is 8.05. The lowest BCUT2D eigenvalue weighted by atomic mass is 10.0. The van der Waals surface area contributed by atoms with E-state index in [1.54, 1.807) is 0 Å². The van der Waals surface area contributed by atoms with Crippen LogP contribution in [0.25, 0.3) is 0 Å². The molecule has 0 aliphatic carbocycles. The first-order valence-corrected chi connectivity index (χ1v) is 6.44. The van der Waals surface area contributed by atoms with Gasteiger partial charge >= 0.3 is 0 Å². The molecule has 0 aromatic carbocycles. The van der Waals surface area contributed by atoms with Crippen molar-refractivity contribution in [1.29, 1.82) is 0 Å². The Morgan fingerprint density at radius 1 is 1.27 bits per heavy atom. The van der Waals surface area contributed by atoms with Gasteiger partial charge in [-0.15, -0.1) is 0 Å². The van der Waals surface area contributed by atoms with Crippen molar-refractivity contribution in [2.24, 2.45) is 11.7 Å². The predicted octanol–water partition coefficient (Wildman–Crippen LogP) is 2.81. The molecular formula is C12H26N2S. The van der Waals surface area contributed by atoms with E-state index in [2.05, 4.69) is 32.6 Å². The Kier molecular flexibility index (Phi) is 7.97. The molecule has 0 aromatic heterocycles. The van der Waals surface area contributed by atoms with E-state index < -0.39 is 0 Å². The maximum Gasteiger partial charge on any atom is 0.0740 e. The molecule has 0 spiro atoms. The van der Waals surface area contributed by atoms with Crippen LogP contribution in [-0.4, -0.2) is 29.0 Å². The molecule has 90 valence electrons. The van der Waals surface area contributed by atoms with Crippen molar-refractivity contribution in [3.63, 3.8) is 0 Å². The SMILES string of the molecule is CCC(CC)CN(CCC(N)=S)C(C)C. The Bertz CT molecular complexity index is 176. The molecule has 0 rings (SSSR count). The quantitative estimate of drug-likeness (QED) is 0.650. The van der Waals surface area contributed by atoms with Crippen LogP contribution >= 0.6 is 12.2 Å². The molecule has 3 heteroatoms. The summed E-state index contributed by atoms with van der Waals surface area (Å²) in [5.41, 5.74) is 5.54. The summed E-state index contributed by atoms with van der Waals surface area (Å²) < 4.78 is 0. The predicted molar refractivity (Wildman–Crippen MR) is 72.2 cm³/mol. The van der Waals surface area contributed by atoms with Gasteiger partial charge in [0.2, 0.25) is 0 Å². The number of nitrogens with two attached hydrogens (primary N) is 1. The second-order valence-electron chi connectivity index (χ2n) is 4.49. The highest BCUT2D eigenvalue weighted by Gasteiger charge is 2.14. The van der Waals surface area contributed by atoms with E-state index in [0.717, 1.165) is 18.9 Å². The summed E-state index contributed by atoms with van der Waals surface area (Å²) in [5, 5.41) is 0. The van der Waals surface area contributed by atoms with Crippen molar-refractivity contribution >= 4 is 17.2 Å². The number of hydrogen-bond acceptors (Lipinski definition) is 2. The normalized spacial score (nSPS) is 11.7. The third-order valence-electron chi connectivity index (χ3n) is 3.02. The molecule has 2 nitrogen and oxygen atoms in total. The van der Waals surface area contributed by atoms with Gasteiger partial charge in [-0.2, -0.15) is 0 Å². The summed E-state index contributed by atoms with van der Waals surface area (Å²) in [4.78, 5) is 3.11. The van der Waals surface area contributed by atoms with E-state index >= 15 is 0 Å². The van der Waals surface area contributed by atoms with Crippen LogP contribution in [0.4, 0.5) is 0 Å². The Morgan fingerprint density at radius 2 is 1.80 bits per heavy atom. The van der Waals surface area contributed by atoms with Gasteiger partial charge < -0.3 is 10.6 Å². The third-order valence-corrected chi connectivity index (χ3v) is 3.23. The number of rotatable bonds is 8. The Balaban J connectivity index is 4.08. The van der Waals surface area contributed by atoms with Gasteiger partial charge in [0.25, 0.3) is 0 Å². The van der Waals surface area contributed by atoms with Crippen molar-refractivity contribution in [3.8, 4) is 0 Å². The van der Waals surface area contributed by atoms with Crippen molar-refractivity contribution < 1.29 is 0 Å². The second-order valence-corrected chi connectivity index (χ2v) is 5.01. The van der Waals surface area contributed by atoms with Gasteiger partial charge in [-0.25, -0.2) is 0 Å². The fourth-order valence-corrected chi connectivity index (χ4v) is 1.78. The van der Waals surface area contributed by atoms with Crippen LogP contribution in [0, 0.1) is 5.92 Å². The van der Waals surface area contributed by atoms with E-state index in [0.29, 0.717) is 11.0 Å². The first-order chi connectivity index (χ1) is 7.01. The summed E-state index contributed by atoms with van der Waals surface area (Å²) in [6, 6.07) is 0.583. The molecule has 0 aliphatic heterocycles. The number of nitrogens with zero attached hydrogens (tertiary/aromatic N) is 1. The van der Waals surface area contributed by atoms with Crippen LogP contribution in [0.2, 0.25) is 0 Å². The van der Waals surface area contributed by atoms with Gasteiger partial charge in [-0.3, -0.25) is 0 Å². The first-order valence-electron chi connectivity index (χ1n) is 6.03. The summed E-state index contributed by atoms with van der Waals surface area (Å²) in [6.45, 7) is 11.2. The molecule has 0 aliphatic rings. The van der Waals surface area contributed by atoms with Gasteiger partial charge in [0.05, 0.1) is 4.99 Å². The van der Waals surface area contributed by atoms with Gasteiger partial charge in [-0.05, 0) is 19.8 Å². The molecule has 0 saturated heterocycles. The molecule has 0 radical (unpaired) electrons. The third kappa shape index (κ3) is 6.85. The van der Waals surface area contributed by atoms with E-state index in [1.807, 2.05) is 0 Å². The van der Waals surface area contributed by atoms with Gasteiger partial charge in [-0.1, -0.05) is 38.9 Å². The lowest BCUT2D eigenvalue weighted by Gasteiger charge is -2.29. The topological polar surface area (TPSA) is 29.3 Å². The van der Waals surface area contributed by atoms with E-state index in [9.17, 15) is 0 Å². The average molecular weight is 230 g/mol. The first kappa shape index (κ1) is 14.8. The highest BCUT2D eigenvalue weighted by Crippen LogP contribution is 2.12. The fraction of sp³-hybridized carbons (Fsp3) is 0.917. The van der Waals surface area contributed by atoms with E-state index in [4.69, 9.17) is 18.0 Å². The number of hydrogen-bond donors (Lipinski definition) is 1. The molecule has 0 saturated carbocycles. The molecule has 0 heterocycles. The standard InChI is InChI=1S/C12H26N2S/c1-5-11(6-2)9-14(10(3)4)8-7-12(13)15/h10-11H,5-9H2,1-4H3,(H2,13,15). The minimum Gasteiger partial charge on any atom is -0.393 e. The average Bonchev–Trinajstić information content (AvgIpc) is 2.17. The maximum atomic E-state index is 5.54. The van der Waals surface area contributed by atoms with Crippen LogP contribution < -0.4 is 5.73 Å². The summed E-state index contributed by atoms with van der Waals surface area (Å²) in [7, 11) is 0. The fourth-order valence-electron chi connectivity index (χ4n) is 1.69.